The number of carbonyl (C=O) groups excluding carboxylic acids is 2. The van der Waals surface area contributed by atoms with E-state index in [9.17, 15) is 9.59 Å². The third-order valence-electron chi connectivity index (χ3n) is 1.33. The van der Waals surface area contributed by atoms with Crippen LogP contribution in [0.25, 0.3) is 0 Å². The maximum Gasteiger partial charge on any atom is 0.413 e. The summed E-state index contributed by atoms with van der Waals surface area (Å²) in [6.07, 6.45) is -1.65. The summed E-state index contributed by atoms with van der Waals surface area (Å²) in [6, 6.07) is 3.57. The van der Waals surface area contributed by atoms with Gasteiger partial charge in [0.1, 0.15) is 13.2 Å². The molecule has 2 amide bonds. The van der Waals surface area contributed by atoms with Gasteiger partial charge in [-0.15, -0.1) is 0 Å². The fourth-order valence-electron chi connectivity index (χ4n) is 0.668. The van der Waals surface area contributed by atoms with Crippen LogP contribution in [0.2, 0.25) is 0 Å². The van der Waals surface area contributed by atoms with Gasteiger partial charge in [-0.25, -0.2) is 9.59 Å². The smallest absolute Gasteiger partial charge is 0.413 e. The highest BCUT2D eigenvalue weighted by Gasteiger charge is 2.09. The molecule has 0 aliphatic carbocycles. The second kappa shape index (κ2) is 9.81. The van der Waals surface area contributed by atoms with Crippen molar-refractivity contribution in [2.75, 3.05) is 13.2 Å². The highest BCUT2D eigenvalue weighted by atomic mass is 32.1. The van der Waals surface area contributed by atoms with Gasteiger partial charge < -0.3 is 9.47 Å². The fourth-order valence-corrected chi connectivity index (χ4v) is 0.834. The minimum Gasteiger partial charge on any atom is -0.448 e. The van der Waals surface area contributed by atoms with Crippen molar-refractivity contribution in [3.8, 4) is 12.1 Å². The zero-order chi connectivity index (χ0) is 13.8. The number of amides is 2. The molecule has 0 saturated heterocycles. The first-order valence-electron chi connectivity index (χ1n) is 4.75. The maximum absolute atomic E-state index is 11.0. The molecule has 18 heavy (non-hydrogen) atoms. The predicted octanol–water partition coefficient (Wildman–Crippen LogP) is 0.551. The van der Waals surface area contributed by atoms with Crippen LogP contribution in [0.3, 0.4) is 0 Å². The number of nitrogens with zero attached hydrogens (tertiary/aromatic N) is 2. The van der Waals surface area contributed by atoms with Crippen LogP contribution in [-0.2, 0) is 9.47 Å². The van der Waals surface area contributed by atoms with Crippen molar-refractivity contribution in [1.29, 1.82) is 10.5 Å². The van der Waals surface area contributed by atoms with Crippen LogP contribution in [0.4, 0.5) is 9.59 Å². The van der Waals surface area contributed by atoms with Gasteiger partial charge in [-0.1, -0.05) is 0 Å². The molecule has 0 unspecified atom stereocenters. The number of nitrogens with one attached hydrogen (secondary N) is 2. The standard InChI is InChI=1S/C9H10N4O4S/c10-3-1-5-16-8(14)12-7(18)13-9(15)17-6-2-4-11/h1-2,5-6H2,(H2,12,13,14,15,18). The number of thiocarbonyl (C=S) groups is 1. The van der Waals surface area contributed by atoms with Crippen LogP contribution in [0, 0.1) is 22.7 Å². The van der Waals surface area contributed by atoms with E-state index in [0.29, 0.717) is 0 Å². The van der Waals surface area contributed by atoms with Gasteiger partial charge >= 0.3 is 12.2 Å². The molecule has 0 rings (SSSR count). The van der Waals surface area contributed by atoms with E-state index in [4.69, 9.17) is 10.5 Å². The predicted molar refractivity (Wildman–Crippen MR) is 62.0 cm³/mol. The Hall–Kier alpha value is -2.39. The van der Waals surface area contributed by atoms with Gasteiger partial charge in [0.15, 0.2) is 5.11 Å². The average Bonchev–Trinajstić information content (AvgIpc) is 2.29. The largest absolute Gasteiger partial charge is 0.448 e. The first-order chi connectivity index (χ1) is 8.60. The number of nitriles is 2. The SMILES string of the molecule is N#CCCOC(=O)NC(=S)NC(=O)OCCC#N. The van der Waals surface area contributed by atoms with E-state index < -0.39 is 12.2 Å². The fraction of sp³-hybridized carbons (Fsp3) is 0.444. The molecule has 0 aliphatic rings. The van der Waals surface area contributed by atoms with E-state index in [1.807, 2.05) is 10.6 Å². The lowest BCUT2D eigenvalue weighted by Crippen LogP contribution is -2.42. The molecule has 0 aromatic carbocycles. The van der Waals surface area contributed by atoms with Gasteiger partial charge in [0.05, 0.1) is 25.0 Å². The molecule has 0 atom stereocenters. The first-order valence-corrected chi connectivity index (χ1v) is 5.16. The second-order valence-corrected chi connectivity index (χ2v) is 3.08. The molecular weight excluding hydrogens is 260 g/mol. The summed E-state index contributed by atoms with van der Waals surface area (Å²) in [4.78, 5) is 22.0. The Kier molecular flexibility index (Phi) is 8.51. The van der Waals surface area contributed by atoms with Gasteiger partial charge in [0.25, 0.3) is 0 Å². The maximum atomic E-state index is 11.0. The Morgan fingerprint density at radius 1 is 1.00 bits per heavy atom. The van der Waals surface area contributed by atoms with Crippen molar-refractivity contribution < 1.29 is 19.1 Å². The molecule has 8 nitrogen and oxygen atoms in total. The Labute approximate surface area is 108 Å². The molecule has 0 radical (unpaired) electrons. The Morgan fingerprint density at radius 2 is 1.39 bits per heavy atom. The van der Waals surface area contributed by atoms with Crippen LogP contribution in [0.15, 0.2) is 0 Å². The van der Waals surface area contributed by atoms with Gasteiger partial charge in [-0.3, -0.25) is 10.6 Å². The summed E-state index contributed by atoms with van der Waals surface area (Å²) in [6.45, 7) is -0.144. The van der Waals surface area contributed by atoms with Gasteiger partial charge in [-0.05, 0) is 12.2 Å². The third kappa shape index (κ3) is 8.88. The molecule has 0 heterocycles. The highest BCUT2D eigenvalue weighted by molar-refractivity contribution is 7.80. The van der Waals surface area contributed by atoms with Crippen molar-refractivity contribution in [3.63, 3.8) is 0 Å². The first kappa shape index (κ1) is 15.6. The summed E-state index contributed by atoms with van der Waals surface area (Å²) in [5, 5.41) is 20.2. The average molecular weight is 270 g/mol. The zero-order valence-corrected chi connectivity index (χ0v) is 10.1. The molecule has 0 aliphatic heterocycles. The van der Waals surface area contributed by atoms with Crippen molar-refractivity contribution in [3.05, 3.63) is 0 Å². The Bertz CT molecular complexity index is 362. The summed E-state index contributed by atoms with van der Waals surface area (Å²) in [5.74, 6) is 0. The van der Waals surface area contributed by atoms with Crippen molar-refractivity contribution in [1.82, 2.24) is 10.6 Å². The third-order valence-corrected chi connectivity index (χ3v) is 1.53. The number of ether oxygens (including phenoxy) is 2. The van der Waals surface area contributed by atoms with Crippen LogP contribution < -0.4 is 10.6 Å². The lowest BCUT2D eigenvalue weighted by Gasteiger charge is -2.08. The molecule has 9 heteroatoms. The molecule has 0 aromatic heterocycles. The summed E-state index contributed by atoms with van der Waals surface area (Å²) in [7, 11) is 0. The van der Waals surface area contributed by atoms with E-state index in [1.165, 1.54) is 0 Å². The van der Waals surface area contributed by atoms with Crippen molar-refractivity contribution in [2.24, 2.45) is 0 Å². The molecule has 96 valence electrons. The normalized spacial score (nSPS) is 8.33. The lowest BCUT2D eigenvalue weighted by atomic mass is 10.5. The number of rotatable bonds is 4. The topological polar surface area (TPSA) is 124 Å². The van der Waals surface area contributed by atoms with Crippen molar-refractivity contribution in [2.45, 2.75) is 12.8 Å². The second-order valence-electron chi connectivity index (χ2n) is 2.67. The number of alkyl carbamates (subject to hydrolysis) is 2. The number of hydrogen-bond donors (Lipinski definition) is 2. The highest BCUT2D eigenvalue weighted by Crippen LogP contribution is 1.84. The van der Waals surface area contributed by atoms with E-state index in [0.717, 1.165) is 0 Å². The van der Waals surface area contributed by atoms with E-state index >= 15 is 0 Å². The molecule has 2 N–H and O–H groups in total. The van der Waals surface area contributed by atoms with Crippen LogP contribution in [0.5, 0.6) is 0 Å². The quantitative estimate of drug-likeness (QED) is 0.564. The van der Waals surface area contributed by atoms with E-state index in [1.54, 1.807) is 12.1 Å². The van der Waals surface area contributed by atoms with Crippen LogP contribution in [-0.4, -0.2) is 30.5 Å². The number of carbonyl (C=O) groups is 2. The molecule has 0 aromatic rings. The number of hydrogen-bond acceptors (Lipinski definition) is 7. The lowest BCUT2D eigenvalue weighted by molar-refractivity contribution is 0.151. The van der Waals surface area contributed by atoms with E-state index in [2.05, 4.69) is 21.7 Å². The zero-order valence-electron chi connectivity index (χ0n) is 9.26. The molecule has 0 bridgehead atoms. The molecule has 0 fully saturated rings. The van der Waals surface area contributed by atoms with Crippen LogP contribution in [0.1, 0.15) is 12.8 Å². The summed E-state index contributed by atoms with van der Waals surface area (Å²) >= 11 is 4.61. The monoisotopic (exact) mass is 270 g/mol. The molecular formula is C9H10N4O4S. The van der Waals surface area contributed by atoms with E-state index in [-0.39, 0.29) is 31.2 Å². The minimum atomic E-state index is -0.882. The summed E-state index contributed by atoms with van der Waals surface area (Å²) in [5.41, 5.74) is 0. The Balaban J connectivity index is 3.76. The van der Waals surface area contributed by atoms with Crippen LogP contribution >= 0.6 is 12.2 Å². The molecule has 0 saturated carbocycles. The summed E-state index contributed by atoms with van der Waals surface area (Å²) < 4.78 is 9.08. The van der Waals surface area contributed by atoms with Gasteiger partial charge in [-0.2, -0.15) is 10.5 Å². The van der Waals surface area contributed by atoms with Crippen molar-refractivity contribution >= 4 is 29.5 Å². The molecule has 0 spiro atoms. The van der Waals surface area contributed by atoms with Gasteiger partial charge in [0, 0.05) is 0 Å². The van der Waals surface area contributed by atoms with Gasteiger partial charge in [0.2, 0.25) is 0 Å². The Morgan fingerprint density at radius 3 is 1.72 bits per heavy atom. The minimum absolute atomic E-state index is 0.0593.